The monoisotopic (exact) mass is 422 g/mol. The van der Waals surface area contributed by atoms with Crippen molar-refractivity contribution in [3.63, 3.8) is 0 Å². The molecule has 11 unspecified atom stereocenters. The van der Waals surface area contributed by atoms with Crippen LogP contribution in [0.2, 0.25) is 0 Å². The summed E-state index contributed by atoms with van der Waals surface area (Å²) < 4.78 is 0. The first-order chi connectivity index (χ1) is 13.8. The van der Waals surface area contributed by atoms with Crippen LogP contribution in [0.3, 0.4) is 0 Å². The van der Waals surface area contributed by atoms with Gasteiger partial charge in [0, 0.05) is 0 Å². The molecule has 4 rings (SSSR count). The summed E-state index contributed by atoms with van der Waals surface area (Å²) in [6, 6.07) is 0. The standard InChI is InChI=1S/C25H42O5/c1-14-6-7-25-15(2)18(27)10-16(25)20-22(3,11-17(14)25)8-9-23(20,4)12-19(28)21(29)24(5,30)13-26/h11,14-16,18-21,26-30H,6-10,12-13H2,1-5H3. The van der Waals surface area contributed by atoms with Crippen LogP contribution in [0, 0.1) is 39.9 Å². The van der Waals surface area contributed by atoms with Gasteiger partial charge in [-0.15, -0.1) is 0 Å². The molecule has 5 heteroatoms. The first kappa shape index (κ1) is 22.7. The summed E-state index contributed by atoms with van der Waals surface area (Å²) in [5.74, 6) is 1.52. The second-order valence-corrected chi connectivity index (χ2v) is 12.1. The van der Waals surface area contributed by atoms with Gasteiger partial charge in [-0.05, 0) is 85.4 Å². The molecule has 0 aromatic carbocycles. The van der Waals surface area contributed by atoms with Crippen molar-refractivity contribution in [3.8, 4) is 0 Å². The number of hydrogen-bond acceptors (Lipinski definition) is 5. The molecule has 0 amide bonds. The van der Waals surface area contributed by atoms with Crippen LogP contribution < -0.4 is 0 Å². The molecule has 5 nitrogen and oxygen atoms in total. The van der Waals surface area contributed by atoms with Crippen LogP contribution in [0.5, 0.6) is 0 Å². The average Bonchev–Trinajstić information content (AvgIpc) is 3.24. The predicted octanol–water partition coefficient (Wildman–Crippen LogP) is 2.64. The van der Waals surface area contributed by atoms with Gasteiger partial charge in [-0.2, -0.15) is 0 Å². The molecule has 0 aliphatic heterocycles. The lowest BCUT2D eigenvalue weighted by Gasteiger charge is -2.54. The molecule has 0 aromatic heterocycles. The maximum Gasteiger partial charge on any atom is 0.113 e. The van der Waals surface area contributed by atoms with E-state index in [1.807, 2.05) is 0 Å². The molecule has 4 aliphatic carbocycles. The van der Waals surface area contributed by atoms with Crippen LogP contribution in [0.1, 0.15) is 73.1 Å². The molecule has 0 bridgehead atoms. The topological polar surface area (TPSA) is 101 Å². The van der Waals surface area contributed by atoms with Crippen molar-refractivity contribution in [3.05, 3.63) is 11.6 Å². The lowest BCUT2D eigenvalue weighted by atomic mass is 9.50. The fraction of sp³-hybridized carbons (Fsp3) is 0.920. The van der Waals surface area contributed by atoms with Gasteiger partial charge in [0.05, 0.1) is 18.8 Å². The third-order valence-electron chi connectivity index (χ3n) is 10.2. The normalized spacial score (nSPS) is 51.5. The number of rotatable bonds is 5. The SMILES string of the molecule is CC1CCC23C1=CC1(C)CCC(C)(CC(O)C(O)C(C)(O)CO)C1C2CC(O)C3C. The zero-order chi connectivity index (χ0) is 22.3. The van der Waals surface area contributed by atoms with Gasteiger partial charge >= 0.3 is 0 Å². The zero-order valence-corrected chi connectivity index (χ0v) is 19.3. The Hall–Kier alpha value is -0.460. The van der Waals surface area contributed by atoms with Crippen molar-refractivity contribution >= 4 is 0 Å². The number of fused-ring (bicyclic) bond motifs is 2. The summed E-state index contributed by atoms with van der Waals surface area (Å²) in [5.41, 5.74) is -0.254. The molecule has 1 spiro atoms. The van der Waals surface area contributed by atoms with Crippen LogP contribution in [-0.2, 0) is 0 Å². The van der Waals surface area contributed by atoms with Crippen LogP contribution in [0.25, 0.3) is 0 Å². The smallest absolute Gasteiger partial charge is 0.113 e. The van der Waals surface area contributed by atoms with Crippen molar-refractivity contribution in [2.24, 2.45) is 39.9 Å². The summed E-state index contributed by atoms with van der Waals surface area (Å²) >= 11 is 0. The molecular formula is C25H42O5. The van der Waals surface area contributed by atoms with E-state index in [0.717, 1.165) is 25.7 Å². The summed E-state index contributed by atoms with van der Waals surface area (Å²) in [6.07, 6.45) is 5.28. The van der Waals surface area contributed by atoms with E-state index in [4.69, 9.17) is 0 Å². The van der Waals surface area contributed by atoms with Crippen LogP contribution in [0.15, 0.2) is 11.6 Å². The van der Waals surface area contributed by atoms with E-state index >= 15 is 0 Å². The summed E-state index contributed by atoms with van der Waals surface area (Å²) in [6.45, 7) is 9.91. The summed E-state index contributed by atoms with van der Waals surface area (Å²) in [4.78, 5) is 0. The van der Waals surface area contributed by atoms with Crippen molar-refractivity contribution in [2.75, 3.05) is 6.61 Å². The van der Waals surface area contributed by atoms with E-state index in [-0.39, 0.29) is 28.3 Å². The van der Waals surface area contributed by atoms with E-state index in [2.05, 4.69) is 33.8 Å². The third-order valence-corrected chi connectivity index (χ3v) is 10.2. The van der Waals surface area contributed by atoms with E-state index in [1.54, 1.807) is 5.57 Å². The molecule has 30 heavy (non-hydrogen) atoms. The van der Waals surface area contributed by atoms with E-state index in [9.17, 15) is 25.5 Å². The molecule has 0 aromatic rings. The predicted molar refractivity (Wildman–Crippen MR) is 115 cm³/mol. The number of hydrogen-bond donors (Lipinski definition) is 5. The highest BCUT2D eigenvalue weighted by molar-refractivity contribution is 5.36. The Balaban J connectivity index is 1.71. The Kier molecular flexibility index (Phi) is 5.32. The first-order valence-corrected chi connectivity index (χ1v) is 11.9. The van der Waals surface area contributed by atoms with Gasteiger partial charge in [0.2, 0.25) is 0 Å². The van der Waals surface area contributed by atoms with Crippen LogP contribution >= 0.6 is 0 Å². The van der Waals surface area contributed by atoms with Gasteiger partial charge in [0.1, 0.15) is 11.7 Å². The molecule has 5 N–H and O–H groups in total. The van der Waals surface area contributed by atoms with Crippen LogP contribution in [0.4, 0.5) is 0 Å². The minimum absolute atomic E-state index is 0.0325. The number of allylic oxidation sites excluding steroid dienone is 2. The van der Waals surface area contributed by atoms with Crippen molar-refractivity contribution in [1.82, 2.24) is 0 Å². The largest absolute Gasteiger partial charge is 0.393 e. The lowest BCUT2D eigenvalue weighted by Crippen LogP contribution is -2.53. The third kappa shape index (κ3) is 2.92. The minimum atomic E-state index is -1.72. The summed E-state index contributed by atoms with van der Waals surface area (Å²) in [5, 5.41) is 52.0. The Morgan fingerprint density at radius 3 is 2.47 bits per heavy atom. The molecule has 172 valence electrons. The average molecular weight is 423 g/mol. The Morgan fingerprint density at radius 1 is 1.17 bits per heavy atom. The Bertz CT molecular complexity index is 718. The van der Waals surface area contributed by atoms with Crippen molar-refractivity contribution < 1.29 is 25.5 Å². The van der Waals surface area contributed by atoms with Gasteiger partial charge in [-0.1, -0.05) is 39.3 Å². The molecule has 3 saturated carbocycles. The second-order valence-electron chi connectivity index (χ2n) is 12.1. The van der Waals surface area contributed by atoms with Crippen molar-refractivity contribution in [1.29, 1.82) is 0 Å². The van der Waals surface area contributed by atoms with Gasteiger partial charge in [0.15, 0.2) is 0 Å². The van der Waals surface area contributed by atoms with E-state index < -0.39 is 24.4 Å². The summed E-state index contributed by atoms with van der Waals surface area (Å²) in [7, 11) is 0. The highest BCUT2D eigenvalue weighted by Crippen LogP contribution is 2.74. The van der Waals surface area contributed by atoms with E-state index in [0.29, 0.717) is 24.2 Å². The Morgan fingerprint density at radius 2 is 1.83 bits per heavy atom. The molecule has 11 atom stereocenters. The molecule has 3 fully saturated rings. The maximum atomic E-state index is 11.0. The van der Waals surface area contributed by atoms with Gasteiger partial charge in [-0.3, -0.25) is 0 Å². The fourth-order valence-corrected chi connectivity index (χ4v) is 8.62. The molecular weight excluding hydrogens is 380 g/mol. The molecule has 4 aliphatic rings. The fourth-order valence-electron chi connectivity index (χ4n) is 8.62. The van der Waals surface area contributed by atoms with Crippen molar-refractivity contribution in [2.45, 2.75) is 97.1 Å². The highest BCUT2D eigenvalue weighted by atomic mass is 16.4. The number of aliphatic hydroxyl groups excluding tert-OH is 4. The maximum absolute atomic E-state index is 11.0. The molecule has 0 saturated heterocycles. The Labute approximate surface area is 181 Å². The highest BCUT2D eigenvalue weighted by Gasteiger charge is 2.68. The molecule has 0 heterocycles. The zero-order valence-electron chi connectivity index (χ0n) is 19.3. The lowest BCUT2D eigenvalue weighted by molar-refractivity contribution is -0.147. The second kappa shape index (κ2) is 7.02. The van der Waals surface area contributed by atoms with Gasteiger partial charge in [0.25, 0.3) is 0 Å². The molecule has 0 radical (unpaired) electrons. The first-order valence-electron chi connectivity index (χ1n) is 11.9. The minimum Gasteiger partial charge on any atom is -0.393 e. The van der Waals surface area contributed by atoms with Crippen LogP contribution in [-0.4, -0.2) is 56.1 Å². The number of aliphatic hydroxyl groups is 5. The quantitative estimate of drug-likeness (QED) is 0.439. The van der Waals surface area contributed by atoms with E-state index in [1.165, 1.54) is 13.3 Å². The van der Waals surface area contributed by atoms with Gasteiger partial charge < -0.3 is 25.5 Å². The van der Waals surface area contributed by atoms with Gasteiger partial charge in [-0.25, -0.2) is 0 Å².